The number of hydrogen-bond donors (Lipinski definition) is 0. The lowest BCUT2D eigenvalue weighted by Gasteiger charge is -2.40. The van der Waals surface area contributed by atoms with Crippen LogP contribution in [0.25, 0.3) is 11.4 Å². The van der Waals surface area contributed by atoms with E-state index in [1.54, 1.807) is 20.4 Å². The van der Waals surface area contributed by atoms with Crippen molar-refractivity contribution in [1.29, 1.82) is 0 Å². The highest BCUT2D eigenvalue weighted by molar-refractivity contribution is 5.89. The first kappa shape index (κ1) is 23.3. The summed E-state index contributed by atoms with van der Waals surface area (Å²) in [6.07, 6.45) is 4.97. The van der Waals surface area contributed by atoms with E-state index in [0.29, 0.717) is 31.9 Å². The highest BCUT2D eigenvalue weighted by Crippen LogP contribution is 2.42. The fourth-order valence-electron chi connectivity index (χ4n) is 5.29. The third-order valence-electron chi connectivity index (χ3n) is 7.28. The molecule has 2 saturated heterocycles. The van der Waals surface area contributed by atoms with Crippen LogP contribution in [-0.4, -0.2) is 54.8 Å². The molecule has 3 heterocycles. The van der Waals surface area contributed by atoms with E-state index in [0.717, 1.165) is 47.7 Å². The van der Waals surface area contributed by atoms with Crippen LogP contribution in [0.4, 0.5) is 0 Å². The van der Waals surface area contributed by atoms with E-state index in [1.807, 2.05) is 59.5 Å². The molecular formula is C28H31N3O4. The van der Waals surface area contributed by atoms with Gasteiger partial charge in [0.1, 0.15) is 11.5 Å². The van der Waals surface area contributed by atoms with Crippen LogP contribution in [0, 0.1) is 0 Å². The number of carbonyl (C=O) groups excluding carboxylic acids is 1. The molecule has 2 aliphatic rings. The summed E-state index contributed by atoms with van der Waals surface area (Å²) in [6, 6.07) is 17.5. The average Bonchev–Trinajstić information content (AvgIpc) is 3.43. The number of ether oxygens (including phenoxy) is 3. The third-order valence-corrected chi connectivity index (χ3v) is 7.28. The second-order valence-corrected chi connectivity index (χ2v) is 9.11. The van der Waals surface area contributed by atoms with Crippen molar-refractivity contribution in [2.45, 2.75) is 37.1 Å². The first-order chi connectivity index (χ1) is 17.1. The number of methoxy groups -OCH3 is 2. The first-order valence-corrected chi connectivity index (χ1v) is 12.2. The highest BCUT2D eigenvalue weighted by atomic mass is 16.5. The molecule has 0 saturated carbocycles. The number of rotatable bonds is 6. The molecule has 7 heteroatoms. The van der Waals surface area contributed by atoms with Gasteiger partial charge in [0.25, 0.3) is 0 Å². The molecule has 5 rings (SSSR count). The predicted molar refractivity (Wildman–Crippen MR) is 132 cm³/mol. The molecule has 7 nitrogen and oxygen atoms in total. The zero-order valence-corrected chi connectivity index (χ0v) is 20.3. The standard InChI is InChI=1S/C28H31N3O4/c1-33-22-9-5-20(6-10-22)26-29-16-13-24(30-26)25-4-3-17-31(25)27(32)28(14-18-35-19-15-28)21-7-11-23(34-2)12-8-21/h5-13,16,25H,3-4,14-15,17-19H2,1-2H3. The van der Waals surface area contributed by atoms with Crippen molar-refractivity contribution in [3.63, 3.8) is 0 Å². The molecule has 2 fully saturated rings. The van der Waals surface area contributed by atoms with E-state index >= 15 is 0 Å². The smallest absolute Gasteiger partial charge is 0.233 e. The SMILES string of the molecule is COc1ccc(-c2nccc(C3CCCN3C(=O)C3(c4ccc(OC)cc4)CCOCC3)n2)cc1. The van der Waals surface area contributed by atoms with Gasteiger partial charge in [-0.2, -0.15) is 0 Å². The first-order valence-electron chi connectivity index (χ1n) is 12.2. The maximum atomic E-state index is 14.3. The van der Waals surface area contributed by atoms with Gasteiger partial charge >= 0.3 is 0 Å². The maximum absolute atomic E-state index is 14.3. The Morgan fingerprint density at radius 3 is 2.29 bits per heavy atom. The quantitative estimate of drug-likeness (QED) is 0.522. The van der Waals surface area contributed by atoms with Crippen molar-refractivity contribution in [2.24, 2.45) is 0 Å². The molecule has 0 bridgehead atoms. The van der Waals surface area contributed by atoms with E-state index in [-0.39, 0.29) is 11.9 Å². The van der Waals surface area contributed by atoms with E-state index in [1.165, 1.54) is 0 Å². The van der Waals surface area contributed by atoms with Crippen LogP contribution in [0.2, 0.25) is 0 Å². The van der Waals surface area contributed by atoms with E-state index < -0.39 is 5.41 Å². The average molecular weight is 474 g/mol. The minimum absolute atomic E-state index is 0.0690. The molecule has 1 unspecified atom stereocenters. The lowest BCUT2D eigenvalue weighted by molar-refractivity contribution is -0.142. The molecule has 1 amide bonds. The van der Waals surface area contributed by atoms with Gasteiger partial charge < -0.3 is 19.1 Å². The molecule has 3 aromatic rings. The van der Waals surface area contributed by atoms with E-state index in [2.05, 4.69) is 4.98 Å². The predicted octanol–water partition coefficient (Wildman–Crippen LogP) is 4.57. The van der Waals surface area contributed by atoms with Crippen LogP contribution in [0.1, 0.15) is 43.0 Å². The van der Waals surface area contributed by atoms with Crippen LogP contribution >= 0.6 is 0 Å². The number of carbonyl (C=O) groups is 1. The van der Waals surface area contributed by atoms with Crippen LogP contribution in [-0.2, 0) is 14.9 Å². The molecule has 35 heavy (non-hydrogen) atoms. The third kappa shape index (κ3) is 4.48. The summed E-state index contributed by atoms with van der Waals surface area (Å²) < 4.78 is 16.3. The zero-order valence-electron chi connectivity index (χ0n) is 20.3. The monoisotopic (exact) mass is 473 g/mol. The van der Waals surface area contributed by atoms with Gasteiger partial charge in [0.15, 0.2) is 5.82 Å². The molecule has 0 spiro atoms. The van der Waals surface area contributed by atoms with Gasteiger partial charge in [0.2, 0.25) is 5.91 Å². The van der Waals surface area contributed by atoms with Crippen LogP contribution < -0.4 is 9.47 Å². The number of amides is 1. The Morgan fingerprint density at radius 2 is 1.63 bits per heavy atom. The highest BCUT2D eigenvalue weighted by Gasteiger charge is 2.47. The lowest BCUT2D eigenvalue weighted by atomic mass is 9.72. The summed E-state index contributed by atoms with van der Waals surface area (Å²) in [7, 11) is 3.30. The number of likely N-dealkylation sites (tertiary alicyclic amines) is 1. The normalized spacial score (nSPS) is 19.4. The fraction of sp³-hybridized carbons (Fsp3) is 0.393. The number of hydrogen-bond acceptors (Lipinski definition) is 6. The molecule has 2 aromatic carbocycles. The van der Waals surface area contributed by atoms with Crippen molar-refractivity contribution in [3.05, 3.63) is 72.1 Å². The maximum Gasteiger partial charge on any atom is 0.233 e. The summed E-state index contributed by atoms with van der Waals surface area (Å²) in [4.78, 5) is 25.7. The van der Waals surface area contributed by atoms with Gasteiger partial charge in [0, 0.05) is 31.5 Å². The lowest BCUT2D eigenvalue weighted by Crippen LogP contribution is -2.49. The Labute approximate surface area is 206 Å². The molecule has 0 N–H and O–H groups in total. The number of aromatic nitrogens is 2. The van der Waals surface area contributed by atoms with Crippen LogP contribution in [0.3, 0.4) is 0 Å². The minimum atomic E-state index is -0.598. The Kier molecular flexibility index (Phi) is 6.68. The van der Waals surface area contributed by atoms with Crippen molar-refractivity contribution >= 4 is 5.91 Å². The van der Waals surface area contributed by atoms with Gasteiger partial charge in [-0.3, -0.25) is 4.79 Å². The van der Waals surface area contributed by atoms with Crippen LogP contribution in [0.5, 0.6) is 11.5 Å². The van der Waals surface area contributed by atoms with Crippen molar-refractivity contribution < 1.29 is 19.0 Å². The summed E-state index contributed by atoms with van der Waals surface area (Å²) in [5, 5.41) is 0. The van der Waals surface area contributed by atoms with E-state index in [4.69, 9.17) is 19.2 Å². The fourth-order valence-corrected chi connectivity index (χ4v) is 5.29. The second-order valence-electron chi connectivity index (χ2n) is 9.11. The van der Waals surface area contributed by atoms with Crippen molar-refractivity contribution in [3.8, 4) is 22.9 Å². The molecule has 0 aliphatic carbocycles. The van der Waals surface area contributed by atoms with Crippen molar-refractivity contribution in [1.82, 2.24) is 14.9 Å². The Hall–Kier alpha value is -3.45. The van der Waals surface area contributed by atoms with E-state index in [9.17, 15) is 4.79 Å². The Balaban J connectivity index is 1.45. The largest absolute Gasteiger partial charge is 0.497 e. The Bertz CT molecular complexity index is 1160. The van der Waals surface area contributed by atoms with Gasteiger partial charge in [-0.1, -0.05) is 12.1 Å². The number of nitrogens with zero attached hydrogens (tertiary/aromatic N) is 3. The second kappa shape index (κ2) is 10.0. The summed E-state index contributed by atoms with van der Waals surface area (Å²) in [5.74, 6) is 2.39. The molecule has 2 aliphatic heterocycles. The summed E-state index contributed by atoms with van der Waals surface area (Å²) >= 11 is 0. The molecule has 1 aromatic heterocycles. The topological polar surface area (TPSA) is 73.8 Å². The van der Waals surface area contributed by atoms with Gasteiger partial charge in [-0.25, -0.2) is 9.97 Å². The Morgan fingerprint density at radius 1 is 0.971 bits per heavy atom. The molecule has 182 valence electrons. The summed E-state index contributed by atoms with van der Waals surface area (Å²) in [5.41, 5.74) is 2.23. The van der Waals surface area contributed by atoms with Gasteiger partial charge in [-0.15, -0.1) is 0 Å². The van der Waals surface area contributed by atoms with Gasteiger partial charge in [-0.05, 0) is 73.7 Å². The van der Waals surface area contributed by atoms with Crippen molar-refractivity contribution in [2.75, 3.05) is 34.0 Å². The minimum Gasteiger partial charge on any atom is -0.497 e. The van der Waals surface area contributed by atoms with Gasteiger partial charge in [0.05, 0.1) is 31.4 Å². The summed E-state index contributed by atoms with van der Waals surface area (Å²) in [6.45, 7) is 1.88. The molecular weight excluding hydrogens is 442 g/mol. The molecule has 1 atom stereocenters. The number of benzene rings is 2. The van der Waals surface area contributed by atoms with Crippen LogP contribution in [0.15, 0.2) is 60.8 Å². The molecule has 0 radical (unpaired) electrons. The zero-order chi connectivity index (χ0) is 24.3.